The van der Waals surface area contributed by atoms with Crippen molar-refractivity contribution in [3.05, 3.63) is 48.0 Å². The fourth-order valence-corrected chi connectivity index (χ4v) is 3.27. The smallest absolute Gasteiger partial charge is 0.0544 e. The molecule has 1 aliphatic carbocycles. The van der Waals surface area contributed by atoms with Gasteiger partial charge in [0.2, 0.25) is 0 Å². The maximum Gasteiger partial charge on any atom is 0.0544 e. The van der Waals surface area contributed by atoms with E-state index in [-0.39, 0.29) is 0 Å². The zero-order valence-corrected chi connectivity index (χ0v) is 13.7. The molecule has 0 N–H and O–H groups in total. The Bertz CT molecular complexity index is 570. The first kappa shape index (κ1) is 15.2. The first-order valence-electron chi connectivity index (χ1n) is 8.40. The predicted molar refractivity (Wildman–Crippen MR) is 88.4 cm³/mol. The molecule has 0 aliphatic heterocycles. The van der Waals surface area contributed by atoms with Crippen LogP contribution in [-0.4, -0.2) is 25.7 Å². The minimum absolute atomic E-state index is 0.480. The van der Waals surface area contributed by atoms with Gasteiger partial charge in [0.1, 0.15) is 0 Å². The summed E-state index contributed by atoms with van der Waals surface area (Å²) in [5.41, 5.74) is 2.46. The van der Waals surface area contributed by atoms with E-state index < -0.39 is 0 Å². The topological polar surface area (TPSA) is 34.0 Å². The summed E-state index contributed by atoms with van der Waals surface area (Å²) in [6.45, 7) is 6.32. The van der Waals surface area contributed by atoms with E-state index in [0.717, 1.165) is 18.8 Å². The van der Waals surface area contributed by atoms with Gasteiger partial charge in [0.15, 0.2) is 0 Å². The van der Waals surface area contributed by atoms with Crippen LogP contribution in [0.15, 0.2) is 36.7 Å². The lowest BCUT2D eigenvalue weighted by molar-refractivity contribution is 0.193. The normalized spacial score (nSPS) is 16.0. The highest BCUT2D eigenvalue weighted by molar-refractivity contribution is 5.06. The van der Waals surface area contributed by atoms with E-state index in [9.17, 15) is 0 Å². The molecule has 1 saturated carbocycles. The van der Waals surface area contributed by atoms with E-state index in [4.69, 9.17) is 0 Å². The van der Waals surface area contributed by atoms with Crippen LogP contribution in [0, 0.1) is 0 Å². The van der Waals surface area contributed by atoms with Gasteiger partial charge in [-0.3, -0.25) is 14.6 Å². The molecule has 4 nitrogen and oxygen atoms in total. The van der Waals surface area contributed by atoms with Crippen LogP contribution in [0.2, 0.25) is 0 Å². The summed E-state index contributed by atoms with van der Waals surface area (Å²) in [5, 5.41) is 4.59. The first-order chi connectivity index (χ1) is 10.7. The fourth-order valence-electron chi connectivity index (χ4n) is 3.27. The third-order valence-corrected chi connectivity index (χ3v) is 4.61. The molecule has 0 amide bonds. The highest BCUT2D eigenvalue weighted by Crippen LogP contribution is 2.30. The standard InChI is InChI=1S/C18H26N4/c1-15(2)21(13-16-7-5-6-11-19-16)14-18-10-12-20-22(18)17-8-3-4-9-17/h5-7,10-12,15,17H,3-4,8-9,13-14H2,1-2H3. The molecule has 0 aromatic carbocycles. The van der Waals surface area contributed by atoms with Crippen LogP contribution in [0.5, 0.6) is 0 Å². The number of rotatable bonds is 6. The SMILES string of the molecule is CC(C)N(Cc1ccccn1)Cc1ccnn1C1CCCC1. The molecule has 2 aromatic heterocycles. The summed E-state index contributed by atoms with van der Waals surface area (Å²) in [6, 6.07) is 9.39. The summed E-state index contributed by atoms with van der Waals surface area (Å²) >= 11 is 0. The van der Waals surface area contributed by atoms with Gasteiger partial charge in [-0.1, -0.05) is 18.9 Å². The summed E-state index contributed by atoms with van der Waals surface area (Å²) in [6.07, 6.45) is 9.05. The van der Waals surface area contributed by atoms with E-state index in [2.05, 4.69) is 51.7 Å². The molecule has 0 spiro atoms. The Morgan fingerprint density at radius 3 is 2.64 bits per heavy atom. The van der Waals surface area contributed by atoms with E-state index in [0.29, 0.717) is 12.1 Å². The maximum atomic E-state index is 4.59. The molecular formula is C18H26N4. The van der Waals surface area contributed by atoms with Crippen molar-refractivity contribution >= 4 is 0 Å². The summed E-state index contributed by atoms with van der Waals surface area (Å²) in [5.74, 6) is 0. The van der Waals surface area contributed by atoms with Gasteiger partial charge >= 0.3 is 0 Å². The molecule has 0 saturated heterocycles. The third-order valence-electron chi connectivity index (χ3n) is 4.61. The van der Waals surface area contributed by atoms with Gasteiger partial charge < -0.3 is 0 Å². The van der Waals surface area contributed by atoms with Crippen molar-refractivity contribution in [2.45, 2.75) is 64.7 Å². The molecule has 0 atom stereocenters. The zero-order chi connectivity index (χ0) is 15.4. The molecule has 1 aliphatic rings. The summed E-state index contributed by atoms with van der Waals surface area (Å²) in [7, 11) is 0. The Labute approximate surface area is 133 Å². The lowest BCUT2D eigenvalue weighted by Crippen LogP contribution is -2.31. The van der Waals surface area contributed by atoms with Crippen LogP contribution in [0.1, 0.15) is 57.0 Å². The van der Waals surface area contributed by atoms with Gasteiger partial charge in [-0.2, -0.15) is 5.10 Å². The van der Waals surface area contributed by atoms with Gasteiger partial charge in [0.05, 0.1) is 17.4 Å². The highest BCUT2D eigenvalue weighted by atomic mass is 15.3. The molecule has 4 heteroatoms. The van der Waals surface area contributed by atoms with Gasteiger partial charge in [-0.25, -0.2) is 0 Å². The Morgan fingerprint density at radius 1 is 1.14 bits per heavy atom. The van der Waals surface area contributed by atoms with Gasteiger partial charge in [0, 0.05) is 31.5 Å². The average Bonchev–Trinajstić information content (AvgIpc) is 3.18. The minimum Gasteiger partial charge on any atom is -0.289 e. The van der Waals surface area contributed by atoms with Crippen LogP contribution >= 0.6 is 0 Å². The van der Waals surface area contributed by atoms with Crippen LogP contribution in [0.4, 0.5) is 0 Å². The van der Waals surface area contributed by atoms with Crippen molar-refractivity contribution in [3.8, 4) is 0 Å². The van der Waals surface area contributed by atoms with E-state index in [1.165, 1.54) is 31.4 Å². The average molecular weight is 298 g/mol. The van der Waals surface area contributed by atoms with E-state index >= 15 is 0 Å². The molecule has 22 heavy (non-hydrogen) atoms. The van der Waals surface area contributed by atoms with Crippen molar-refractivity contribution in [1.82, 2.24) is 19.7 Å². The molecule has 2 aromatic rings. The number of hydrogen-bond acceptors (Lipinski definition) is 3. The monoisotopic (exact) mass is 298 g/mol. The summed E-state index contributed by atoms with van der Waals surface area (Å²) < 4.78 is 2.26. The minimum atomic E-state index is 0.480. The van der Waals surface area contributed by atoms with Crippen molar-refractivity contribution in [3.63, 3.8) is 0 Å². The largest absolute Gasteiger partial charge is 0.289 e. The molecule has 0 radical (unpaired) electrons. The third kappa shape index (κ3) is 3.55. The van der Waals surface area contributed by atoms with Crippen molar-refractivity contribution < 1.29 is 0 Å². The zero-order valence-electron chi connectivity index (χ0n) is 13.7. The van der Waals surface area contributed by atoms with Crippen molar-refractivity contribution in [2.24, 2.45) is 0 Å². The van der Waals surface area contributed by atoms with Gasteiger partial charge in [-0.05, 0) is 44.9 Å². The second-order valence-corrected chi connectivity index (χ2v) is 6.53. The van der Waals surface area contributed by atoms with Crippen LogP contribution < -0.4 is 0 Å². The number of nitrogens with zero attached hydrogens (tertiary/aromatic N) is 4. The van der Waals surface area contributed by atoms with Crippen LogP contribution in [0.25, 0.3) is 0 Å². The Morgan fingerprint density at radius 2 is 1.95 bits per heavy atom. The number of hydrogen-bond donors (Lipinski definition) is 0. The van der Waals surface area contributed by atoms with Gasteiger partial charge in [0.25, 0.3) is 0 Å². The van der Waals surface area contributed by atoms with E-state index in [1.54, 1.807) is 0 Å². The predicted octanol–water partition coefficient (Wildman–Crippen LogP) is 3.80. The molecule has 2 heterocycles. The Hall–Kier alpha value is -1.68. The molecular weight excluding hydrogens is 272 g/mol. The Balaban J connectivity index is 1.73. The Kier molecular flexibility index (Phi) is 4.88. The lowest BCUT2D eigenvalue weighted by Gasteiger charge is -2.27. The molecule has 0 bridgehead atoms. The molecule has 118 valence electrons. The number of pyridine rings is 1. The second-order valence-electron chi connectivity index (χ2n) is 6.53. The first-order valence-corrected chi connectivity index (χ1v) is 8.40. The number of aromatic nitrogens is 3. The summed E-state index contributed by atoms with van der Waals surface area (Å²) in [4.78, 5) is 6.93. The van der Waals surface area contributed by atoms with E-state index in [1.807, 2.05) is 18.5 Å². The quantitative estimate of drug-likeness (QED) is 0.813. The van der Waals surface area contributed by atoms with Crippen LogP contribution in [0.3, 0.4) is 0 Å². The fraction of sp³-hybridized carbons (Fsp3) is 0.556. The molecule has 3 rings (SSSR count). The second kappa shape index (κ2) is 7.05. The lowest BCUT2D eigenvalue weighted by atomic mass is 10.2. The maximum absolute atomic E-state index is 4.59. The van der Waals surface area contributed by atoms with Crippen molar-refractivity contribution in [1.29, 1.82) is 0 Å². The van der Waals surface area contributed by atoms with Crippen LogP contribution in [-0.2, 0) is 13.1 Å². The van der Waals surface area contributed by atoms with Crippen molar-refractivity contribution in [2.75, 3.05) is 0 Å². The van der Waals surface area contributed by atoms with Gasteiger partial charge in [-0.15, -0.1) is 0 Å². The highest BCUT2D eigenvalue weighted by Gasteiger charge is 2.21. The molecule has 0 unspecified atom stereocenters. The molecule has 1 fully saturated rings.